The van der Waals surface area contributed by atoms with Crippen LogP contribution in [0.4, 0.5) is 11.6 Å². The highest BCUT2D eigenvalue weighted by Gasteiger charge is 2.11. The van der Waals surface area contributed by atoms with Crippen molar-refractivity contribution in [3.8, 4) is 5.69 Å². The van der Waals surface area contributed by atoms with E-state index in [0.29, 0.717) is 16.5 Å². The number of rotatable bonds is 5. The van der Waals surface area contributed by atoms with Gasteiger partial charge in [-0.25, -0.2) is 5.43 Å². The third kappa shape index (κ3) is 3.72. The van der Waals surface area contributed by atoms with Crippen molar-refractivity contribution in [1.82, 2.24) is 9.55 Å². The zero-order chi connectivity index (χ0) is 20.2. The molecule has 29 heavy (non-hydrogen) atoms. The number of para-hydroxylation sites is 2. The van der Waals surface area contributed by atoms with Gasteiger partial charge < -0.3 is 0 Å². The van der Waals surface area contributed by atoms with Crippen LogP contribution in [0.25, 0.3) is 16.6 Å². The molecule has 0 fully saturated rings. The Morgan fingerprint density at radius 1 is 0.966 bits per heavy atom. The summed E-state index contributed by atoms with van der Waals surface area (Å²) < 4.78 is 1.81. The minimum absolute atomic E-state index is 0.00391. The van der Waals surface area contributed by atoms with Crippen LogP contribution < -0.4 is 11.0 Å². The Bertz CT molecular complexity index is 1270. The number of nitro benzene ring substituents is 1. The van der Waals surface area contributed by atoms with Crippen molar-refractivity contribution in [1.29, 1.82) is 0 Å². The number of hydrogen-bond donors (Lipinski definition) is 1. The maximum Gasteiger partial charge on any atom is 0.282 e. The van der Waals surface area contributed by atoms with E-state index in [9.17, 15) is 14.9 Å². The molecule has 142 valence electrons. The topological polar surface area (TPSA) is 102 Å². The van der Waals surface area contributed by atoms with Gasteiger partial charge in [-0.1, -0.05) is 30.3 Å². The number of non-ortho nitro benzene ring substituents is 1. The van der Waals surface area contributed by atoms with E-state index >= 15 is 0 Å². The van der Waals surface area contributed by atoms with Crippen LogP contribution in [0.2, 0.25) is 0 Å². The van der Waals surface area contributed by atoms with E-state index in [1.165, 1.54) is 18.3 Å². The zero-order valence-electron chi connectivity index (χ0n) is 15.1. The normalized spacial score (nSPS) is 11.0. The lowest BCUT2D eigenvalue weighted by Crippen LogP contribution is -2.16. The van der Waals surface area contributed by atoms with Gasteiger partial charge in [-0.2, -0.15) is 10.1 Å². The third-order valence-electron chi connectivity index (χ3n) is 4.29. The molecule has 1 N–H and O–H groups in total. The first-order valence-corrected chi connectivity index (χ1v) is 8.74. The van der Waals surface area contributed by atoms with Crippen LogP contribution in [0.3, 0.4) is 0 Å². The lowest BCUT2D eigenvalue weighted by atomic mass is 10.2. The number of aromatic nitrogens is 2. The Hall–Kier alpha value is -4.33. The number of benzene rings is 3. The Kier molecular flexibility index (Phi) is 4.81. The summed E-state index contributed by atoms with van der Waals surface area (Å²) in [5, 5.41) is 15.4. The molecule has 0 aliphatic heterocycles. The minimum atomic E-state index is -0.462. The summed E-state index contributed by atoms with van der Waals surface area (Å²) >= 11 is 0. The summed E-state index contributed by atoms with van der Waals surface area (Å²) in [5.41, 5.74) is 4.65. The number of hydrogen-bond acceptors (Lipinski definition) is 6. The second kappa shape index (κ2) is 7.73. The standard InChI is InChI=1S/C21H15N5O3/c27-20-18-8-4-5-9-19(18)25(16-6-2-1-3-7-16)21(23-20)24-22-14-15-10-12-17(13-11-15)26(28)29/h1-14H,(H,23,24,27). The number of hydrazone groups is 1. The van der Waals surface area contributed by atoms with Crippen LogP contribution in [-0.2, 0) is 0 Å². The van der Waals surface area contributed by atoms with Gasteiger partial charge in [0.1, 0.15) is 0 Å². The number of fused-ring (bicyclic) bond motifs is 1. The van der Waals surface area contributed by atoms with Crippen molar-refractivity contribution >= 4 is 28.8 Å². The molecule has 0 aliphatic rings. The molecular weight excluding hydrogens is 370 g/mol. The van der Waals surface area contributed by atoms with Crippen molar-refractivity contribution < 1.29 is 4.92 Å². The van der Waals surface area contributed by atoms with E-state index in [1.54, 1.807) is 24.3 Å². The van der Waals surface area contributed by atoms with E-state index in [1.807, 2.05) is 47.0 Å². The van der Waals surface area contributed by atoms with Gasteiger partial charge in [-0.3, -0.25) is 19.5 Å². The predicted molar refractivity (Wildman–Crippen MR) is 112 cm³/mol. The fourth-order valence-electron chi connectivity index (χ4n) is 2.93. The molecule has 8 heteroatoms. The molecule has 4 aromatic rings. The fourth-order valence-corrected chi connectivity index (χ4v) is 2.93. The number of anilines is 1. The molecule has 1 heterocycles. The first kappa shape index (κ1) is 18.1. The lowest BCUT2D eigenvalue weighted by molar-refractivity contribution is -0.384. The molecule has 4 rings (SSSR count). The first-order chi connectivity index (χ1) is 14.1. The van der Waals surface area contributed by atoms with E-state index in [-0.39, 0.29) is 17.2 Å². The monoisotopic (exact) mass is 385 g/mol. The molecule has 0 saturated carbocycles. The van der Waals surface area contributed by atoms with Crippen LogP contribution in [0.5, 0.6) is 0 Å². The van der Waals surface area contributed by atoms with E-state index in [2.05, 4.69) is 15.5 Å². The summed E-state index contributed by atoms with van der Waals surface area (Å²) in [6.07, 6.45) is 1.50. The maximum atomic E-state index is 12.4. The van der Waals surface area contributed by atoms with Crippen molar-refractivity contribution in [3.05, 3.63) is 105 Å². The Morgan fingerprint density at radius 3 is 2.38 bits per heavy atom. The highest BCUT2D eigenvalue weighted by atomic mass is 16.6. The van der Waals surface area contributed by atoms with Crippen LogP contribution in [0, 0.1) is 10.1 Å². The van der Waals surface area contributed by atoms with Gasteiger partial charge in [0, 0.05) is 17.8 Å². The van der Waals surface area contributed by atoms with Gasteiger partial charge in [0.2, 0.25) is 5.95 Å². The van der Waals surface area contributed by atoms with Crippen LogP contribution >= 0.6 is 0 Å². The quantitative estimate of drug-likeness (QED) is 0.320. The molecule has 8 nitrogen and oxygen atoms in total. The summed E-state index contributed by atoms with van der Waals surface area (Å²) in [7, 11) is 0. The zero-order valence-corrected chi connectivity index (χ0v) is 15.1. The van der Waals surface area contributed by atoms with Gasteiger partial charge >= 0.3 is 0 Å². The molecule has 0 radical (unpaired) electrons. The van der Waals surface area contributed by atoms with Crippen molar-refractivity contribution in [3.63, 3.8) is 0 Å². The van der Waals surface area contributed by atoms with Crippen molar-refractivity contribution in [2.24, 2.45) is 5.10 Å². The number of nitrogens with zero attached hydrogens (tertiary/aromatic N) is 4. The van der Waals surface area contributed by atoms with Gasteiger partial charge in [-0.05, 0) is 42.0 Å². The molecule has 0 bridgehead atoms. The average Bonchev–Trinajstić information content (AvgIpc) is 2.75. The lowest BCUT2D eigenvalue weighted by Gasteiger charge is -2.15. The molecule has 0 atom stereocenters. The number of nitro groups is 1. The second-order valence-corrected chi connectivity index (χ2v) is 6.15. The highest BCUT2D eigenvalue weighted by molar-refractivity contribution is 5.82. The molecule has 0 unspecified atom stereocenters. The fraction of sp³-hybridized carbons (Fsp3) is 0. The van der Waals surface area contributed by atoms with E-state index in [4.69, 9.17) is 0 Å². The summed E-state index contributed by atoms with van der Waals surface area (Å²) in [4.78, 5) is 26.9. The highest BCUT2D eigenvalue weighted by Crippen LogP contribution is 2.20. The summed E-state index contributed by atoms with van der Waals surface area (Å²) in [5.74, 6) is 0.262. The third-order valence-corrected chi connectivity index (χ3v) is 4.29. The number of nitrogens with one attached hydrogen (secondary N) is 1. The molecule has 0 aliphatic carbocycles. The molecule has 0 amide bonds. The van der Waals surface area contributed by atoms with E-state index < -0.39 is 4.92 Å². The van der Waals surface area contributed by atoms with Crippen LogP contribution in [0.15, 0.2) is 88.8 Å². The molecule has 1 aromatic heterocycles. The van der Waals surface area contributed by atoms with Gasteiger partial charge in [0.15, 0.2) is 0 Å². The molecule has 3 aromatic carbocycles. The second-order valence-electron chi connectivity index (χ2n) is 6.15. The smallest absolute Gasteiger partial charge is 0.279 e. The van der Waals surface area contributed by atoms with Crippen molar-refractivity contribution in [2.45, 2.75) is 0 Å². The summed E-state index contributed by atoms with van der Waals surface area (Å²) in [6, 6.07) is 22.7. The van der Waals surface area contributed by atoms with Gasteiger partial charge in [-0.15, -0.1) is 0 Å². The first-order valence-electron chi connectivity index (χ1n) is 8.74. The Balaban J connectivity index is 1.73. The van der Waals surface area contributed by atoms with Crippen molar-refractivity contribution in [2.75, 3.05) is 5.43 Å². The predicted octanol–water partition coefficient (Wildman–Crippen LogP) is 3.74. The average molecular weight is 385 g/mol. The largest absolute Gasteiger partial charge is 0.282 e. The molecule has 0 saturated heterocycles. The van der Waals surface area contributed by atoms with E-state index in [0.717, 1.165) is 5.69 Å². The van der Waals surface area contributed by atoms with Crippen LogP contribution in [-0.4, -0.2) is 20.7 Å². The van der Waals surface area contributed by atoms with Crippen LogP contribution in [0.1, 0.15) is 5.56 Å². The minimum Gasteiger partial charge on any atom is -0.279 e. The molecule has 0 spiro atoms. The van der Waals surface area contributed by atoms with Gasteiger partial charge in [0.25, 0.3) is 11.2 Å². The summed E-state index contributed by atoms with van der Waals surface area (Å²) in [6.45, 7) is 0. The molecular formula is C21H15N5O3. The SMILES string of the molecule is O=c1nc(NN=Cc2ccc([N+](=O)[O-])cc2)n(-c2ccccc2)c2ccccc12. The van der Waals surface area contributed by atoms with Gasteiger partial charge in [0.05, 0.1) is 22.0 Å². The Morgan fingerprint density at radius 2 is 1.66 bits per heavy atom. The maximum absolute atomic E-state index is 12.4. The Labute approximate surface area is 164 Å².